The van der Waals surface area contributed by atoms with Crippen LogP contribution in [0.3, 0.4) is 0 Å². The summed E-state index contributed by atoms with van der Waals surface area (Å²) in [4.78, 5) is 24.9. The largest absolute Gasteiger partial charge is 0.504 e. The lowest BCUT2D eigenvalue weighted by atomic mass is 10.1. The van der Waals surface area contributed by atoms with Gasteiger partial charge in [0, 0.05) is 36.0 Å². The van der Waals surface area contributed by atoms with E-state index in [1.54, 1.807) is 0 Å². The minimum absolute atomic E-state index is 0.0183. The Kier molecular flexibility index (Phi) is 5.55. The Bertz CT molecular complexity index is 1470. The molecule has 12 nitrogen and oxygen atoms in total. The third-order valence-electron chi connectivity index (χ3n) is 4.91. The molecule has 2 aromatic heterocycles. The van der Waals surface area contributed by atoms with Crippen molar-refractivity contribution in [3.63, 3.8) is 0 Å². The van der Waals surface area contributed by atoms with Crippen molar-refractivity contribution in [2.45, 2.75) is 0 Å². The molecule has 2 heterocycles. The van der Waals surface area contributed by atoms with Crippen molar-refractivity contribution in [2.24, 2.45) is 0 Å². The van der Waals surface area contributed by atoms with Gasteiger partial charge < -0.3 is 39.9 Å². The predicted molar refractivity (Wildman–Crippen MR) is 115 cm³/mol. The van der Waals surface area contributed by atoms with Gasteiger partial charge in [0.05, 0.1) is 0 Å². The number of aromatic hydroxyl groups is 4. The molecule has 0 unspecified atom stereocenters. The summed E-state index contributed by atoms with van der Waals surface area (Å²) in [6, 6.07) is 7.29. The van der Waals surface area contributed by atoms with E-state index in [2.05, 4.69) is 10.6 Å². The summed E-state index contributed by atoms with van der Waals surface area (Å²) in [5.74, 6) is -2.97. The Balaban J connectivity index is 1.41. The van der Waals surface area contributed by atoms with Gasteiger partial charge in [0.25, 0.3) is 11.8 Å². The van der Waals surface area contributed by atoms with Crippen LogP contribution in [0.2, 0.25) is 0 Å². The fourth-order valence-corrected chi connectivity index (χ4v) is 3.20. The van der Waals surface area contributed by atoms with Crippen LogP contribution in [0.25, 0.3) is 21.9 Å². The second-order valence-corrected chi connectivity index (χ2v) is 7.25. The van der Waals surface area contributed by atoms with Crippen molar-refractivity contribution in [2.75, 3.05) is 13.1 Å². The van der Waals surface area contributed by atoms with Crippen molar-refractivity contribution >= 4 is 33.8 Å². The van der Waals surface area contributed by atoms with Crippen molar-refractivity contribution in [3.8, 4) is 23.0 Å². The molecule has 0 spiro atoms. The van der Waals surface area contributed by atoms with Crippen molar-refractivity contribution in [3.05, 3.63) is 58.6 Å². The summed E-state index contributed by atoms with van der Waals surface area (Å²) in [6.45, 7) is -0.0365. The first-order valence-electron chi connectivity index (χ1n) is 9.79. The van der Waals surface area contributed by atoms with Gasteiger partial charge in [0.1, 0.15) is 22.3 Å². The smallest absolute Gasteiger partial charge is 0.256 e. The van der Waals surface area contributed by atoms with E-state index in [1.807, 2.05) is 0 Å². The maximum Gasteiger partial charge on any atom is 0.256 e. The molecule has 2 aromatic carbocycles. The number of benzene rings is 2. The highest BCUT2D eigenvalue weighted by Crippen LogP contribution is 2.30. The lowest BCUT2D eigenvalue weighted by molar-refractivity contribution is 0.0923. The molecule has 0 aliphatic carbocycles. The summed E-state index contributed by atoms with van der Waals surface area (Å²) >= 11 is 0. The second-order valence-electron chi connectivity index (χ2n) is 7.25. The first-order valence-corrected chi connectivity index (χ1v) is 9.79. The number of carbonyl (C=O) groups excluding carboxylic acids is 2. The molecule has 0 radical (unpaired) electrons. The molecule has 8 N–H and O–H groups in total. The van der Waals surface area contributed by atoms with Crippen LogP contribution in [0, 0.1) is 10.8 Å². The number of hydrogen-bond acceptors (Lipinski definition) is 10. The summed E-state index contributed by atoms with van der Waals surface area (Å²) < 4.78 is 10.4. The van der Waals surface area contributed by atoms with E-state index in [1.165, 1.54) is 24.3 Å². The van der Waals surface area contributed by atoms with E-state index in [0.29, 0.717) is 10.8 Å². The zero-order valence-electron chi connectivity index (χ0n) is 17.3. The number of phenolic OH excluding ortho intramolecular Hbond substituents is 4. The molecule has 12 heteroatoms. The normalized spacial score (nSPS) is 10.9. The fraction of sp³-hybridized carbons (Fsp3) is 0.0909. The molecule has 4 aromatic rings. The van der Waals surface area contributed by atoms with Crippen molar-refractivity contribution in [1.82, 2.24) is 10.6 Å². The van der Waals surface area contributed by atoms with E-state index in [4.69, 9.17) is 19.7 Å². The van der Waals surface area contributed by atoms with Gasteiger partial charge in [0.2, 0.25) is 11.1 Å². The summed E-state index contributed by atoms with van der Waals surface area (Å²) in [5.41, 5.74) is -0.920. The summed E-state index contributed by atoms with van der Waals surface area (Å²) in [6.07, 6.45) is 0. The maximum atomic E-state index is 12.4. The van der Waals surface area contributed by atoms with E-state index >= 15 is 0 Å². The van der Waals surface area contributed by atoms with Crippen molar-refractivity contribution in [1.29, 1.82) is 10.8 Å². The van der Waals surface area contributed by atoms with Gasteiger partial charge >= 0.3 is 0 Å². The predicted octanol–water partition coefficient (Wildman–Crippen LogP) is 1.12. The first-order chi connectivity index (χ1) is 16.1. The highest BCUT2D eigenvalue weighted by molar-refractivity contribution is 5.98. The van der Waals surface area contributed by atoms with Gasteiger partial charge in [-0.15, -0.1) is 0 Å². The van der Waals surface area contributed by atoms with E-state index in [0.717, 1.165) is 12.1 Å². The zero-order valence-corrected chi connectivity index (χ0v) is 17.3. The third kappa shape index (κ3) is 4.19. The molecule has 0 saturated heterocycles. The second kappa shape index (κ2) is 8.50. The summed E-state index contributed by atoms with van der Waals surface area (Å²) in [7, 11) is 0. The molecule has 0 aliphatic rings. The number of amides is 2. The monoisotopic (exact) mass is 466 g/mol. The molecule has 0 atom stereocenters. The van der Waals surface area contributed by atoms with E-state index in [-0.39, 0.29) is 35.4 Å². The lowest BCUT2D eigenvalue weighted by Crippen LogP contribution is -2.37. The van der Waals surface area contributed by atoms with Crippen molar-refractivity contribution < 1.29 is 38.8 Å². The Morgan fingerprint density at radius 1 is 0.647 bits per heavy atom. The van der Waals surface area contributed by atoms with Gasteiger partial charge in [0.15, 0.2) is 23.0 Å². The minimum Gasteiger partial charge on any atom is -0.504 e. The Morgan fingerprint density at radius 3 is 1.38 bits per heavy atom. The molecule has 0 saturated carbocycles. The standard InChI is InChI=1S/C22H18N4O8/c23-19-11(3-9-5-13(27)15(29)7-17(9)33-19)21(31)25-1-2-26-22(32)12-4-10-6-14(28)16(30)8-18(10)34-20(12)24/h3-8,23-24,27-30H,1-2H2,(H,25,31)(H,26,32). The van der Waals surface area contributed by atoms with Gasteiger partial charge in [-0.05, 0) is 24.3 Å². The number of nitrogens with one attached hydrogen (secondary N) is 4. The highest BCUT2D eigenvalue weighted by atomic mass is 16.3. The molecular formula is C22H18N4O8. The SMILES string of the molecule is N=c1oc2cc(O)c(O)cc2cc1C(=O)NCCNC(=O)c1cc2cc(O)c(O)cc2oc1=N. The molecular weight excluding hydrogens is 448 g/mol. The quantitative estimate of drug-likeness (QED) is 0.157. The molecule has 2 amide bonds. The van der Waals surface area contributed by atoms with Crippen LogP contribution in [0.5, 0.6) is 23.0 Å². The average molecular weight is 466 g/mol. The van der Waals surface area contributed by atoms with Gasteiger partial charge in [-0.2, -0.15) is 0 Å². The number of phenols is 4. The number of hydrogen-bond donors (Lipinski definition) is 8. The molecule has 4 rings (SSSR count). The van der Waals surface area contributed by atoms with E-state index < -0.39 is 45.9 Å². The zero-order chi connectivity index (χ0) is 24.6. The van der Waals surface area contributed by atoms with Crippen LogP contribution in [0.1, 0.15) is 20.7 Å². The molecule has 0 fully saturated rings. The van der Waals surface area contributed by atoms with Gasteiger partial charge in [-0.1, -0.05) is 0 Å². The minimum atomic E-state index is -0.658. The average Bonchev–Trinajstić information content (AvgIpc) is 2.78. The molecule has 174 valence electrons. The maximum absolute atomic E-state index is 12.4. The van der Waals surface area contributed by atoms with Crippen LogP contribution < -0.4 is 21.7 Å². The van der Waals surface area contributed by atoms with Gasteiger partial charge in [-0.3, -0.25) is 20.4 Å². The van der Waals surface area contributed by atoms with Crippen LogP contribution in [-0.4, -0.2) is 45.3 Å². The number of carbonyl (C=O) groups is 2. The van der Waals surface area contributed by atoms with E-state index in [9.17, 15) is 30.0 Å². The van der Waals surface area contributed by atoms with Crippen LogP contribution in [-0.2, 0) is 0 Å². The van der Waals surface area contributed by atoms with Crippen LogP contribution in [0.15, 0.2) is 45.2 Å². The van der Waals surface area contributed by atoms with Crippen LogP contribution in [0.4, 0.5) is 0 Å². The Labute approximate surface area is 189 Å². The third-order valence-corrected chi connectivity index (χ3v) is 4.91. The molecule has 0 aliphatic heterocycles. The summed E-state index contributed by atoms with van der Waals surface area (Å²) in [5, 5.41) is 59.7. The Morgan fingerprint density at radius 2 is 1.00 bits per heavy atom. The number of fused-ring (bicyclic) bond motifs is 2. The fourth-order valence-electron chi connectivity index (χ4n) is 3.20. The van der Waals surface area contributed by atoms with Gasteiger partial charge in [-0.25, -0.2) is 0 Å². The Hall–Kier alpha value is -5.00. The highest BCUT2D eigenvalue weighted by Gasteiger charge is 2.15. The topological polar surface area (TPSA) is 213 Å². The first kappa shape index (κ1) is 22.2. The van der Waals surface area contributed by atoms with Crippen LogP contribution >= 0.6 is 0 Å². The molecule has 34 heavy (non-hydrogen) atoms. The molecule has 0 bridgehead atoms. The lowest BCUT2D eigenvalue weighted by Gasteiger charge is -2.09. The number of rotatable bonds is 5.